The lowest BCUT2D eigenvalue weighted by atomic mass is 9.73. The molecule has 7 heteroatoms. The number of nitrogens with zero attached hydrogens (tertiary/aromatic N) is 4. The smallest absolute Gasteiger partial charge is 0.281 e. The zero-order valence-corrected chi connectivity index (χ0v) is 17.8. The fourth-order valence-corrected chi connectivity index (χ4v) is 4.53. The van der Waals surface area contributed by atoms with E-state index in [1.54, 1.807) is 0 Å². The molecule has 0 saturated heterocycles. The van der Waals surface area contributed by atoms with Crippen molar-refractivity contribution in [3.63, 3.8) is 0 Å². The van der Waals surface area contributed by atoms with Crippen molar-refractivity contribution in [3.05, 3.63) is 105 Å². The van der Waals surface area contributed by atoms with E-state index >= 15 is 0 Å². The SMILES string of the molecule is Cn1c(N2N=C3C=C(c4ccccc4)C[C@@H](c4ccccc4)[C@H]3C2=O)cc(=O)n(C)c1=O. The van der Waals surface area contributed by atoms with Crippen LogP contribution in [0, 0.1) is 5.92 Å². The first-order chi connectivity index (χ1) is 15.5. The molecule has 0 fully saturated rings. The van der Waals surface area contributed by atoms with E-state index in [4.69, 9.17) is 0 Å². The van der Waals surface area contributed by atoms with Gasteiger partial charge in [0.05, 0.1) is 11.6 Å². The Balaban J connectivity index is 1.66. The number of hydrogen-bond acceptors (Lipinski definition) is 4. The molecule has 0 saturated carbocycles. The van der Waals surface area contributed by atoms with Crippen LogP contribution in [0.15, 0.2) is 87.5 Å². The predicted molar refractivity (Wildman–Crippen MR) is 124 cm³/mol. The summed E-state index contributed by atoms with van der Waals surface area (Å²) in [6.45, 7) is 0. The molecule has 0 unspecified atom stereocenters. The molecule has 2 aliphatic rings. The van der Waals surface area contributed by atoms with Crippen LogP contribution in [-0.4, -0.2) is 20.8 Å². The lowest BCUT2D eigenvalue weighted by Crippen LogP contribution is -2.41. The van der Waals surface area contributed by atoms with E-state index in [0.717, 1.165) is 21.3 Å². The quantitative estimate of drug-likeness (QED) is 0.646. The zero-order valence-electron chi connectivity index (χ0n) is 17.8. The van der Waals surface area contributed by atoms with Crippen LogP contribution in [0.1, 0.15) is 23.5 Å². The van der Waals surface area contributed by atoms with Gasteiger partial charge >= 0.3 is 5.69 Å². The molecule has 2 heterocycles. The Morgan fingerprint density at radius 1 is 0.875 bits per heavy atom. The van der Waals surface area contributed by atoms with Crippen LogP contribution in [0.25, 0.3) is 5.57 Å². The summed E-state index contributed by atoms with van der Waals surface area (Å²) in [5, 5.41) is 5.81. The molecule has 0 N–H and O–H groups in total. The van der Waals surface area contributed by atoms with Crippen LogP contribution in [0.3, 0.4) is 0 Å². The van der Waals surface area contributed by atoms with Gasteiger partial charge in [-0.25, -0.2) is 4.79 Å². The minimum absolute atomic E-state index is 0.101. The number of benzene rings is 2. The fraction of sp³-hybridized carbons (Fsp3) is 0.200. The van der Waals surface area contributed by atoms with E-state index in [1.165, 1.54) is 29.7 Å². The number of allylic oxidation sites excluding steroid dienone is 2. The van der Waals surface area contributed by atoms with Crippen LogP contribution in [-0.2, 0) is 18.9 Å². The molecule has 1 aliphatic carbocycles. The summed E-state index contributed by atoms with van der Waals surface area (Å²) in [6, 6.07) is 21.3. The Morgan fingerprint density at radius 2 is 1.53 bits per heavy atom. The van der Waals surface area contributed by atoms with Crippen molar-refractivity contribution in [2.24, 2.45) is 25.1 Å². The molecule has 3 aromatic rings. The van der Waals surface area contributed by atoms with Gasteiger partial charge in [0.1, 0.15) is 5.82 Å². The number of amides is 1. The Kier molecular flexibility index (Phi) is 4.74. The molecule has 0 spiro atoms. The van der Waals surface area contributed by atoms with Crippen molar-refractivity contribution >= 4 is 23.0 Å². The number of aromatic nitrogens is 2. The molecular weight excluding hydrogens is 404 g/mol. The maximum absolute atomic E-state index is 13.6. The van der Waals surface area contributed by atoms with Crippen molar-refractivity contribution in [2.75, 3.05) is 5.01 Å². The van der Waals surface area contributed by atoms with Crippen molar-refractivity contribution in [1.82, 2.24) is 9.13 Å². The third-order valence-corrected chi connectivity index (χ3v) is 6.26. The average molecular weight is 426 g/mol. The molecule has 2 aromatic carbocycles. The standard InChI is InChI=1S/C25H22N4O3/c1-27-21(15-22(30)28(2)25(27)32)29-24(31)23-19(17-11-7-4-8-12-17)13-18(14-20(23)26-29)16-9-5-3-6-10-16/h3-12,14-15,19,23H,13H2,1-2H3/t19-,23+/m0/s1. The van der Waals surface area contributed by atoms with Gasteiger partial charge in [-0.2, -0.15) is 10.1 Å². The van der Waals surface area contributed by atoms with E-state index in [2.05, 4.69) is 5.10 Å². The van der Waals surface area contributed by atoms with E-state index in [9.17, 15) is 14.4 Å². The van der Waals surface area contributed by atoms with Gasteiger partial charge in [0, 0.05) is 26.1 Å². The maximum Gasteiger partial charge on any atom is 0.332 e. The van der Waals surface area contributed by atoms with E-state index in [-0.39, 0.29) is 17.6 Å². The molecule has 160 valence electrons. The summed E-state index contributed by atoms with van der Waals surface area (Å²) in [4.78, 5) is 38.3. The van der Waals surface area contributed by atoms with Gasteiger partial charge in [-0.3, -0.25) is 18.7 Å². The summed E-state index contributed by atoms with van der Waals surface area (Å²) in [5.41, 5.74) is 2.90. The highest BCUT2D eigenvalue weighted by Crippen LogP contribution is 2.43. The normalized spacial score (nSPS) is 20.1. The molecule has 0 radical (unpaired) electrons. The van der Waals surface area contributed by atoms with Gasteiger partial charge < -0.3 is 0 Å². The minimum atomic E-state index is -0.504. The molecule has 7 nitrogen and oxygen atoms in total. The Labute approximate surface area is 184 Å². The van der Waals surface area contributed by atoms with Crippen LogP contribution >= 0.6 is 0 Å². The number of hydrogen-bond donors (Lipinski definition) is 0. The maximum atomic E-state index is 13.6. The minimum Gasteiger partial charge on any atom is -0.281 e. The van der Waals surface area contributed by atoms with E-state index < -0.39 is 17.2 Å². The third-order valence-electron chi connectivity index (χ3n) is 6.26. The number of carbonyl (C=O) groups excluding carboxylic acids is 1. The molecular formula is C25H22N4O3. The van der Waals surface area contributed by atoms with Gasteiger partial charge in [-0.05, 0) is 29.2 Å². The van der Waals surface area contributed by atoms with Crippen LogP contribution in [0.4, 0.5) is 5.82 Å². The van der Waals surface area contributed by atoms with Crippen molar-refractivity contribution in [1.29, 1.82) is 0 Å². The number of hydrazone groups is 1. The zero-order chi connectivity index (χ0) is 22.4. The highest BCUT2D eigenvalue weighted by atomic mass is 16.2. The van der Waals surface area contributed by atoms with Gasteiger partial charge in [0.25, 0.3) is 11.5 Å². The first-order valence-corrected chi connectivity index (χ1v) is 10.5. The highest BCUT2D eigenvalue weighted by Gasteiger charge is 2.45. The van der Waals surface area contributed by atoms with Crippen molar-refractivity contribution < 1.29 is 4.79 Å². The molecule has 1 amide bonds. The van der Waals surface area contributed by atoms with Gasteiger partial charge in [-0.1, -0.05) is 60.7 Å². The monoisotopic (exact) mass is 426 g/mol. The molecule has 1 aliphatic heterocycles. The first kappa shape index (κ1) is 19.9. The Bertz CT molecular complexity index is 1380. The summed E-state index contributed by atoms with van der Waals surface area (Å²) in [6.07, 6.45) is 2.66. The molecule has 1 aromatic heterocycles. The average Bonchev–Trinajstić information content (AvgIpc) is 3.16. The molecule has 0 bridgehead atoms. The summed E-state index contributed by atoms with van der Waals surface area (Å²) in [5.74, 6) is -0.646. The van der Waals surface area contributed by atoms with Gasteiger partial charge in [-0.15, -0.1) is 0 Å². The van der Waals surface area contributed by atoms with E-state index in [1.807, 2.05) is 66.7 Å². The lowest BCUT2D eigenvalue weighted by molar-refractivity contribution is -0.120. The topological polar surface area (TPSA) is 76.7 Å². The number of anilines is 1. The summed E-state index contributed by atoms with van der Waals surface area (Å²) >= 11 is 0. The summed E-state index contributed by atoms with van der Waals surface area (Å²) < 4.78 is 2.28. The van der Waals surface area contributed by atoms with Crippen LogP contribution in [0.2, 0.25) is 0 Å². The second kappa shape index (κ2) is 7.60. The second-order valence-electron chi connectivity index (χ2n) is 8.15. The van der Waals surface area contributed by atoms with Gasteiger partial charge in [0.15, 0.2) is 0 Å². The fourth-order valence-electron chi connectivity index (χ4n) is 4.53. The number of fused-ring (bicyclic) bond motifs is 1. The van der Waals surface area contributed by atoms with Crippen LogP contribution < -0.4 is 16.3 Å². The molecule has 5 rings (SSSR count). The number of rotatable bonds is 3. The third kappa shape index (κ3) is 3.13. The van der Waals surface area contributed by atoms with Gasteiger partial charge in [0.2, 0.25) is 0 Å². The second-order valence-corrected chi connectivity index (χ2v) is 8.15. The largest absolute Gasteiger partial charge is 0.332 e. The molecule has 2 atom stereocenters. The Morgan fingerprint density at radius 3 is 2.22 bits per heavy atom. The Hall–Kier alpha value is -4.00. The van der Waals surface area contributed by atoms with E-state index in [0.29, 0.717) is 12.1 Å². The first-order valence-electron chi connectivity index (χ1n) is 10.5. The summed E-state index contributed by atoms with van der Waals surface area (Å²) in [7, 11) is 2.94. The highest BCUT2D eigenvalue weighted by molar-refractivity contribution is 6.22. The lowest BCUT2D eigenvalue weighted by Gasteiger charge is -2.29. The number of carbonyl (C=O) groups is 1. The molecule has 32 heavy (non-hydrogen) atoms. The predicted octanol–water partition coefficient (Wildman–Crippen LogP) is 2.67. The van der Waals surface area contributed by atoms with Crippen molar-refractivity contribution in [2.45, 2.75) is 12.3 Å². The van der Waals surface area contributed by atoms with Crippen molar-refractivity contribution in [3.8, 4) is 0 Å². The van der Waals surface area contributed by atoms with Crippen LogP contribution in [0.5, 0.6) is 0 Å².